The standard InChI is InChI=1S/C12H19NO3S/c1-15-7-6-13-12-5-4-11(16-2)8-10(12)9-17(3)14/h4-5,8,13H,6-7,9H2,1-3H3. The third kappa shape index (κ3) is 4.75. The predicted molar refractivity (Wildman–Crippen MR) is 71.1 cm³/mol. The third-order valence-electron chi connectivity index (χ3n) is 2.29. The Morgan fingerprint density at radius 1 is 1.35 bits per heavy atom. The van der Waals surface area contributed by atoms with Crippen LogP contribution in [0.3, 0.4) is 0 Å². The molecule has 1 unspecified atom stereocenters. The van der Waals surface area contributed by atoms with E-state index >= 15 is 0 Å². The lowest BCUT2D eigenvalue weighted by Crippen LogP contribution is -2.10. The van der Waals surface area contributed by atoms with Gasteiger partial charge in [-0.3, -0.25) is 4.21 Å². The number of rotatable bonds is 7. The zero-order valence-corrected chi connectivity index (χ0v) is 11.3. The summed E-state index contributed by atoms with van der Waals surface area (Å²) in [6.07, 6.45) is 1.69. The van der Waals surface area contributed by atoms with Crippen molar-refractivity contribution in [2.75, 3.05) is 38.9 Å². The van der Waals surface area contributed by atoms with Gasteiger partial charge >= 0.3 is 0 Å². The molecular formula is C12H19NO3S. The average molecular weight is 257 g/mol. The van der Waals surface area contributed by atoms with Gasteiger partial charge < -0.3 is 14.8 Å². The molecule has 0 radical (unpaired) electrons. The van der Waals surface area contributed by atoms with Crippen LogP contribution in [-0.4, -0.2) is 37.8 Å². The van der Waals surface area contributed by atoms with Gasteiger partial charge in [0, 0.05) is 36.4 Å². The molecule has 0 saturated heterocycles. The number of hydrogen-bond donors (Lipinski definition) is 1. The number of methoxy groups -OCH3 is 2. The van der Waals surface area contributed by atoms with E-state index in [0.29, 0.717) is 12.4 Å². The van der Waals surface area contributed by atoms with Crippen LogP contribution >= 0.6 is 0 Å². The Hall–Kier alpha value is -1.07. The van der Waals surface area contributed by atoms with E-state index < -0.39 is 10.8 Å². The number of nitrogens with one attached hydrogen (secondary N) is 1. The highest BCUT2D eigenvalue weighted by atomic mass is 32.2. The first-order valence-corrected chi connectivity index (χ1v) is 7.10. The minimum absolute atomic E-state index is 0.520. The molecule has 1 rings (SSSR count). The number of benzene rings is 1. The fourth-order valence-electron chi connectivity index (χ4n) is 1.50. The van der Waals surface area contributed by atoms with E-state index in [4.69, 9.17) is 9.47 Å². The van der Waals surface area contributed by atoms with E-state index in [-0.39, 0.29) is 0 Å². The van der Waals surface area contributed by atoms with Gasteiger partial charge in [0.1, 0.15) is 5.75 Å². The highest BCUT2D eigenvalue weighted by Crippen LogP contribution is 2.23. The molecule has 5 heteroatoms. The minimum Gasteiger partial charge on any atom is -0.497 e. The highest BCUT2D eigenvalue weighted by molar-refractivity contribution is 7.83. The topological polar surface area (TPSA) is 47.6 Å². The van der Waals surface area contributed by atoms with Gasteiger partial charge in [-0.05, 0) is 23.8 Å². The lowest BCUT2D eigenvalue weighted by atomic mass is 10.2. The third-order valence-corrected chi connectivity index (χ3v) is 3.01. The van der Waals surface area contributed by atoms with Gasteiger partial charge in [-0.15, -0.1) is 0 Å². The zero-order chi connectivity index (χ0) is 12.7. The second kappa shape index (κ2) is 7.29. The molecule has 0 saturated carbocycles. The van der Waals surface area contributed by atoms with Crippen molar-refractivity contribution in [2.24, 2.45) is 0 Å². The van der Waals surface area contributed by atoms with E-state index in [0.717, 1.165) is 23.5 Å². The quantitative estimate of drug-likeness (QED) is 0.754. The van der Waals surface area contributed by atoms with Crippen molar-refractivity contribution in [3.05, 3.63) is 23.8 Å². The minimum atomic E-state index is -0.871. The summed E-state index contributed by atoms with van der Waals surface area (Å²) in [4.78, 5) is 0. The molecule has 1 atom stereocenters. The molecule has 1 aromatic carbocycles. The summed E-state index contributed by atoms with van der Waals surface area (Å²) in [6, 6.07) is 5.74. The number of hydrogen-bond acceptors (Lipinski definition) is 4. The van der Waals surface area contributed by atoms with Crippen molar-refractivity contribution >= 4 is 16.5 Å². The summed E-state index contributed by atoms with van der Waals surface area (Å²) >= 11 is 0. The van der Waals surface area contributed by atoms with Crippen molar-refractivity contribution in [1.82, 2.24) is 0 Å². The summed E-state index contributed by atoms with van der Waals surface area (Å²) in [5.74, 6) is 1.30. The smallest absolute Gasteiger partial charge is 0.119 e. The second-order valence-corrected chi connectivity index (χ2v) is 5.10. The van der Waals surface area contributed by atoms with Crippen molar-refractivity contribution < 1.29 is 13.7 Å². The summed E-state index contributed by atoms with van der Waals surface area (Å²) < 4.78 is 21.5. The SMILES string of the molecule is COCCNc1ccc(OC)cc1CS(C)=O. The van der Waals surface area contributed by atoms with Gasteiger partial charge in [0.15, 0.2) is 0 Å². The van der Waals surface area contributed by atoms with Crippen LogP contribution in [0.5, 0.6) is 5.75 Å². The molecule has 0 heterocycles. The summed E-state index contributed by atoms with van der Waals surface area (Å²) in [7, 11) is 2.42. The van der Waals surface area contributed by atoms with E-state index in [2.05, 4.69) is 5.32 Å². The van der Waals surface area contributed by atoms with E-state index in [9.17, 15) is 4.21 Å². The molecule has 0 fully saturated rings. The molecule has 0 bridgehead atoms. The molecule has 0 aromatic heterocycles. The van der Waals surface area contributed by atoms with Crippen molar-refractivity contribution in [3.63, 3.8) is 0 Å². The Morgan fingerprint density at radius 2 is 2.12 bits per heavy atom. The Kier molecular flexibility index (Phi) is 6.00. The van der Waals surface area contributed by atoms with Crippen LogP contribution in [0.4, 0.5) is 5.69 Å². The maximum atomic E-state index is 11.3. The van der Waals surface area contributed by atoms with Crippen molar-refractivity contribution in [3.8, 4) is 5.75 Å². The van der Waals surface area contributed by atoms with E-state index in [1.54, 1.807) is 20.5 Å². The van der Waals surface area contributed by atoms with Gasteiger partial charge in [-0.25, -0.2) is 0 Å². The van der Waals surface area contributed by atoms with Crippen LogP contribution in [-0.2, 0) is 21.3 Å². The van der Waals surface area contributed by atoms with Crippen molar-refractivity contribution in [2.45, 2.75) is 5.75 Å². The molecule has 0 aliphatic heterocycles. The van der Waals surface area contributed by atoms with Crippen molar-refractivity contribution in [1.29, 1.82) is 0 Å². The zero-order valence-electron chi connectivity index (χ0n) is 10.5. The molecule has 0 aliphatic carbocycles. The molecule has 0 spiro atoms. The Balaban J connectivity index is 2.81. The number of ether oxygens (including phenoxy) is 2. The molecule has 1 N–H and O–H groups in total. The van der Waals surface area contributed by atoms with Crippen LogP contribution in [0.15, 0.2) is 18.2 Å². The molecule has 1 aromatic rings. The molecular weight excluding hydrogens is 238 g/mol. The van der Waals surface area contributed by atoms with Crippen LogP contribution < -0.4 is 10.1 Å². The number of anilines is 1. The fraction of sp³-hybridized carbons (Fsp3) is 0.500. The van der Waals surface area contributed by atoms with Gasteiger partial charge in [0.25, 0.3) is 0 Å². The van der Waals surface area contributed by atoms with Crippen LogP contribution in [0.2, 0.25) is 0 Å². The summed E-state index contributed by atoms with van der Waals surface area (Å²) in [5, 5.41) is 3.26. The van der Waals surface area contributed by atoms with Crippen LogP contribution in [0.1, 0.15) is 5.56 Å². The molecule has 17 heavy (non-hydrogen) atoms. The van der Waals surface area contributed by atoms with Crippen LogP contribution in [0.25, 0.3) is 0 Å². The monoisotopic (exact) mass is 257 g/mol. The maximum absolute atomic E-state index is 11.3. The fourth-order valence-corrected chi connectivity index (χ4v) is 2.17. The highest BCUT2D eigenvalue weighted by Gasteiger charge is 2.06. The molecule has 96 valence electrons. The maximum Gasteiger partial charge on any atom is 0.119 e. The van der Waals surface area contributed by atoms with Gasteiger partial charge in [-0.1, -0.05) is 0 Å². The van der Waals surface area contributed by atoms with E-state index in [1.807, 2.05) is 18.2 Å². The van der Waals surface area contributed by atoms with E-state index in [1.165, 1.54) is 0 Å². The first-order valence-electron chi connectivity index (χ1n) is 5.37. The Morgan fingerprint density at radius 3 is 2.71 bits per heavy atom. The summed E-state index contributed by atoms with van der Waals surface area (Å²) in [5.41, 5.74) is 1.99. The largest absolute Gasteiger partial charge is 0.497 e. The Labute approximate surface area is 105 Å². The first-order chi connectivity index (χ1) is 8.17. The summed E-state index contributed by atoms with van der Waals surface area (Å²) in [6.45, 7) is 1.37. The lowest BCUT2D eigenvalue weighted by Gasteiger charge is -2.12. The van der Waals surface area contributed by atoms with Crippen LogP contribution in [0, 0.1) is 0 Å². The van der Waals surface area contributed by atoms with Gasteiger partial charge in [0.2, 0.25) is 0 Å². The van der Waals surface area contributed by atoms with Gasteiger partial charge in [0.05, 0.1) is 19.5 Å². The molecule has 0 aliphatic rings. The Bertz CT molecular complexity index is 382. The average Bonchev–Trinajstić information content (AvgIpc) is 2.30. The van der Waals surface area contributed by atoms with Gasteiger partial charge in [-0.2, -0.15) is 0 Å². The molecule has 4 nitrogen and oxygen atoms in total. The normalized spacial score (nSPS) is 12.2. The molecule has 0 amide bonds. The lowest BCUT2D eigenvalue weighted by molar-refractivity contribution is 0.211. The second-order valence-electron chi connectivity index (χ2n) is 3.66. The first kappa shape index (κ1) is 14.0. The predicted octanol–water partition coefficient (Wildman–Crippen LogP) is 1.63.